The summed E-state index contributed by atoms with van der Waals surface area (Å²) in [6.45, 7) is 2.77. The number of aromatic amines is 1. The van der Waals surface area contributed by atoms with E-state index >= 15 is 0 Å². The Hall–Kier alpha value is -4.03. The number of benzene rings is 2. The smallest absolute Gasteiger partial charge is 0.259 e. The number of nitrogens with one attached hydrogen (secondary N) is 3. The molecule has 0 spiro atoms. The summed E-state index contributed by atoms with van der Waals surface area (Å²) in [6.07, 6.45) is 1.14. The van der Waals surface area contributed by atoms with E-state index in [9.17, 15) is 18.8 Å². The number of aromatic nitrogens is 1. The van der Waals surface area contributed by atoms with Crippen molar-refractivity contribution in [2.75, 3.05) is 36.5 Å². The number of morpholine rings is 1. The van der Waals surface area contributed by atoms with Gasteiger partial charge in [0.05, 0.1) is 35.7 Å². The molecule has 1 fully saturated rings. The average molecular weight is 435 g/mol. The van der Waals surface area contributed by atoms with Gasteiger partial charge in [0.25, 0.3) is 5.56 Å². The van der Waals surface area contributed by atoms with Crippen molar-refractivity contribution in [2.24, 2.45) is 0 Å². The van der Waals surface area contributed by atoms with Crippen LogP contribution in [-0.4, -0.2) is 37.0 Å². The van der Waals surface area contributed by atoms with Crippen molar-refractivity contribution < 1.29 is 13.5 Å². The normalized spacial score (nSPS) is 13.5. The first-order valence-electron chi connectivity index (χ1n) is 9.88. The van der Waals surface area contributed by atoms with Crippen molar-refractivity contribution in [1.29, 1.82) is 10.7 Å². The van der Waals surface area contributed by atoms with Gasteiger partial charge in [0.15, 0.2) is 0 Å². The second-order valence-electron chi connectivity index (χ2n) is 7.14. The molecule has 32 heavy (non-hydrogen) atoms. The monoisotopic (exact) mass is 435 g/mol. The number of nitrogens with zero attached hydrogens (tertiary/aromatic N) is 2. The van der Waals surface area contributed by atoms with Gasteiger partial charge in [-0.3, -0.25) is 10.2 Å². The molecular weight excluding hydrogens is 416 g/mol. The highest BCUT2D eigenvalue weighted by molar-refractivity contribution is 6.14. The van der Waals surface area contributed by atoms with Crippen molar-refractivity contribution in [3.63, 3.8) is 0 Å². The molecule has 9 heteroatoms. The first kappa shape index (κ1) is 21.2. The number of pyridine rings is 1. The molecule has 1 aliphatic rings. The summed E-state index contributed by atoms with van der Waals surface area (Å²) in [7, 11) is 0. The number of hydrogen-bond acceptors (Lipinski definition) is 6. The molecule has 2 aromatic carbocycles. The van der Waals surface area contributed by atoms with Crippen LogP contribution in [0.4, 0.5) is 25.8 Å². The van der Waals surface area contributed by atoms with Crippen molar-refractivity contribution >= 4 is 22.8 Å². The minimum atomic E-state index is -0.887. The van der Waals surface area contributed by atoms with Gasteiger partial charge in [-0.25, -0.2) is 8.78 Å². The van der Waals surface area contributed by atoms with Crippen LogP contribution in [0.15, 0.2) is 53.5 Å². The summed E-state index contributed by atoms with van der Waals surface area (Å²) in [5.74, 6) is -1.77. The summed E-state index contributed by atoms with van der Waals surface area (Å²) >= 11 is 0. The molecule has 0 amide bonds. The molecule has 1 aromatic heterocycles. The van der Waals surface area contributed by atoms with Crippen LogP contribution in [-0.2, 0) is 4.74 Å². The zero-order valence-electron chi connectivity index (χ0n) is 16.9. The van der Waals surface area contributed by atoms with Crippen LogP contribution in [0.1, 0.15) is 16.7 Å². The Kier molecular flexibility index (Phi) is 5.96. The van der Waals surface area contributed by atoms with Crippen molar-refractivity contribution in [3.8, 4) is 6.07 Å². The standard InChI is InChI=1S/C23H19F2N5O2/c24-17-2-1-3-18(25)22(17)29-21-15(12-26)13-28-23(31)19(21)20(27)14-4-6-16(7-5-14)30-8-10-32-11-9-30/h1-7,13,27H,8-11H2,(H2,28,29,31). The highest BCUT2D eigenvalue weighted by atomic mass is 19.1. The summed E-state index contributed by atoms with van der Waals surface area (Å²) in [5, 5.41) is 20.6. The quantitative estimate of drug-likeness (QED) is 0.532. The number of rotatable bonds is 5. The predicted molar refractivity (Wildman–Crippen MR) is 117 cm³/mol. The molecule has 4 rings (SSSR count). The summed E-state index contributed by atoms with van der Waals surface area (Å²) in [5.41, 5.74) is -0.366. The molecule has 1 saturated heterocycles. The Morgan fingerprint density at radius 3 is 2.38 bits per heavy atom. The first-order chi connectivity index (χ1) is 15.5. The maximum atomic E-state index is 14.2. The predicted octanol–water partition coefficient (Wildman–Crippen LogP) is 3.52. The van der Waals surface area contributed by atoms with Gasteiger partial charge in [-0.2, -0.15) is 5.26 Å². The molecule has 0 unspecified atom stereocenters. The molecule has 1 aliphatic heterocycles. The van der Waals surface area contributed by atoms with E-state index in [-0.39, 0.29) is 22.5 Å². The lowest BCUT2D eigenvalue weighted by atomic mass is 9.99. The largest absolute Gasteiger partial charge is 0.378 e. The van der Waals surface area contributed by atoms with E-state index in [4.69, 9.17) is 10.1 Å². The lowest BCUT2D eigenvalue weighted by molar-refractivity contribution is 0.122. The summed E-state index contributed by atoms with van der Waals surface area (Å²) in [4.78, 5) is 17.2. The third kappa shape index (κ3) is 4.08. The second kappa shape index (κ2) is 8.99. The van der Waals surface area contributed by atoms with Gasteiger partial charge in [0.2, 0.25) is 0 Å². The molecule has 0 bridgehead atoms. The first-order valence-corrected chi connectivity index (χ1v) is 9.88. The van der Waals surface area contributed by atoms with E-state index in [1.165, 1.54) is 6.07 Å². The molecule has 3 N–H and O–H groups in total. The van der Waals surface area contributed by atoms with E-state index < -0.39 is 22.9 Å². The highest BCUT2D eigenvalue weighted by Gasteiger charge is 2.21. The minimum Gasteiger partial charge on any atom is -0.378 e. The van der Waals surface area contributed by atoms with Crippen LogP contribution in [0, 0.1) is 28.4 Å². The summed E-state index contributed by atoms with van der Waals surface area (Å²) < 4.78 is 33.8. The van der Waals surface area contributed by atoms with Gasteiger partial charge in [-0.05, 0) is 24.3 Å². The number of ether oxygens (including phenoxy) is 1. The SMILES string of the molecule is N#Cc1c[nH]c(=O)c(C(=N)c2ccc(N3CCOCC3)cc2)c1Nc1c(F)cccc1F. The van der Waals surface area contributed by atoms with Crippen molar-refractivity contribution in [1.82, 2.24) is 4.98 Å². The Bertz CT molecular complexity index is 1240. The second-order valence-corrected chi connectivity index (χ2v) is 7.14. The molecule has 2 heterocycles. The number of anilines is 3. The van der Waals surface area contributed by atoms with Crippen molar-refractivity contribution in [3.05, 3.63) is 87.3 Å². The topological polar surface area (TPSA) is 105 Å². The molecule has 3 aromatic rings. The fourth-order valence-electron chi connectivity index (χ4n) is 3.53. The van der Waals surface area contributed by atoms with Gasteiger partial charge < -0.3 is 19.9 Å². The third-order valence-electron chi connectivity index (χ3n) is 5.21. The van der Waals surface area contributed by atoms with E-state index in [0.29, 0.717) is 18.8 Å². The highest BCUT2D eigenvalue weighted by Crippen LogP contribution is 2.28. The van der Waals surface area contributed by atoms with Gasteiger partial charge in [0, 0.05) is 30.5 Å². The van der Waals surface area contributed by atoms with Crippen LogP contribution in [0.5, 0.6) is 0 Å². The van der Waals surface area contributed by atoms with Crippen molar-refractivity contribution in [2.45, 2.75) is 0 Å². The Labute approximate surface area is 182 Å². The van der Waals surface area contributed by atoms with Gasteiger partial charge >= 0.3 is 0 Å². The van der Waals surface area contributed by atoms with Crippen LogP contribution in [0.25, 0.3) is 0 Å². The molecule has 7 nitrogen and oxygen atoms in total. The molecule has 0 aliphatic carbocycles. The average Bonchev–Trinajstić information content (AvgIpc) is 2.82. The van der Waals surface area contributed by atoms with E-state index in [2.05, 4.69) is 15.2 Å². The van der Waals surface area contributed by atoms with Crippen LogP contribution < -0.4 is 15.8 Å². The molecule has 162 valence electrons. The Morgan fingerprint density at radius 1 is 1.09 bits per heavy atom. The van der Waals surface area contributed by atoms with Gasteiger partial charge in [-0.15, -0.1) is 0 Å². The van der Waals surface area contributed by atoms with E-state index in [0.717, 1.165) is 37.1 Å². The zero-order valence-corrected chi connectivity index (χ0v) is 16.9. The number of para-hydroxylation sites is 1. The fourth-order valence-corrected chi connectivity index (χ4v) is 3.53. The van der Waals surface area contributed by atoms with Crippen LogP contribution in [0.2, 0.25) is 0 Å². The van der Waals surface area contributed by atoms with Crippen LogP contribution >= 0.6 is 0 Å². The number of halogens is 2. The molecule has 0 saturated carbocycles. The third-order valence-corrected chi connectivity index (χ3v) is 5.21. The van der Waals surface area contributed by atoms with Crippen LogP contribution in [0.3, 0.4) is 0 Å². The number of H-pyrrole nitrogens is 1. The van der Waals surface area contributed by atoms with Gasteiger partial charge in [0.1, 0.15) is 23.4 Å². The molecule has 0 atom stereocenters. The van der Waals surface area contributed by atoms with Gasteiger partial charge in [-0.1, -0.05) is 18.2 Å². The maximum Gasteiger partial charge on any atom is 0.259 e. The van der Waals surface area contributed by atoms with E-state index in [1.54, 1.807) is 12.1 Å². The Morgan fingerprint density at radius 2 is 1.75 bits per heavy atom. The number of nitriles is 1. The zero-order chi connectivity index (χ0) is 22.7. The molecular formula is C23H19F2N5O2. The summed E-state index contributed by atoms with van der Waals surface area (Å²) in [6, 6.07) is 12.3. The number of hydrogen-bond donors (Lipinski definition) is 3. The fraction of sp³-hybridized carbons (Fsp3) is 0.174. The lowest BCUT2D eigenvalue weighted by Crippen LogP contribution is -2.36. The maximum absolute atomic E-state index is 14.2. The minimum absolute atomic E-state index is 0.0584. The Balaban J connectivity index is 1.74. The molecule has 0 radical (unpaired) electrons. The van der Waals surface area contributed by atoms with E-state index in [1.807, 2.05) is 18.2 Å². The lowest BCUT2D eigenvalue weighted by Gasteiger charge is -2.29.